The van der Waals surface area contributed by atoms with Crippen LogP contribution in [0.15, 0.2) is 12.2 Å². The zero-order valence-corrected chi connectivity index (χ0v) is 8.64. The second-order valence-corrected chi connectivity index (χ2v) is 3.86. The number of hydrogen-bond acceptors (Lipinski definition) is 2. The summed E-state index contributed by atoms with van der Waals surface area (Å²) in [5.74, 6) is 0.832. The van der Waals surface area contributed by atoms with Gasteiger partial charge in [-0.3, -0.25) is 0 Å². The second kappa shape index (κ2) is 6.17. The van der Waals surface area contributed by atoms with E-state index in [-0.39, 0.29) is 0 Å². The molecule has 2 nitrogen and oxygen atoms in total. The van der Waals surface area contributed by atoms with Gasteiger partial charge in [-0.1, -0.05) is 12.2 Å². The van der Waals surface area contributed by atoms with Gasteiger partial charge in [-0.2, -0.15) is 0 Å². The fourth-order valence-electron chi connectivity index (χ4n) is 1.76. The highest BCUT2D eigenvalue weighted by Gasteiger charge is 2.14. The number of hydrogen-bond donors (Lipinski definition) is 1. The summed E-state index contributed by atoms with van der Waals surface area (Å²) in [6, 6.07) is 0. The van der Waals surface area contributed by atoms with E-state index in [1.807, 2.05) is 7.05 Å². The number of ether oxygens (including phenoxy) is 1. The molecule has 1 N–H and O–H groups in total. The molecule has 0 spiro atoms. The van der Waals surface area contributed by atoms with E-state index >= 15 is 0 Å². The third-order valence-corrected chi connectivity index (χ3v) is 2.65. The van der Waals surface area contributed by atoms with Crippen LogP contribution in [0, 0.1) is 5.92 Å². The first-order valence-corrected chi connectivity index (χ1v) is 5.22. The van der Waals surface area contributed by atoms with Gasteiger partial charge in [0, 0.05) is 13.2 Å². The summed E-state index contributed by atoms with van der Waals surface area (Å²) in [5.41, 5.74) is 1.39. The van der Waals surface area contributed by atoms with Crippen molar-refractivity contribution in [3.63, 3.8) is 0 Å². The van der Waals surface area contributed by atoms with Crippen LogP contribution in [-0.2, 0) is 4.74 Å². The summed E-state index contributed by atoms with van der Waals surface area (Å²) < 4.78 is 5.32. The average Bonchev–Trinajstić information content (AvgIpc) is 2.16. The fraction of sp³-hybridized carbons (Fsp3) is 0.818. The maximum atomic E-state index is 5.32. The Morgan fingerprint density at radius 3 is 2.77 bits per heavy atom. The molecule has 1 aliphatic rings. The number of rotatable bonds is 5. The van der Waals surface area contributed by atoms with Gasteiger partial charge in [0.25, 0.3) is 0 Å². The van der Waals surface area contributed by atoms with E-state index in [9.17, 15) is 0 Å². The van der Waals surface area contributed by atoms with Gasteiger partial charge in [0.05, 0.1) is 0 Å². The van der Waals surface area contributed by atoms with E-state index in [2.05, 4.69) is 11.9 Å². The van der Waals surface area contributed by atoms with Crippen LogP contribution in [0.2, 0.25) is 0 Å². The van der Waals surface area contributed by atoms with Crippen molar-refractivity contribution in [2.75, 3.05) is 26.8 Å². The SMILES string of the molecule is C=C(CCNC)CC1CCOCC1. The molecule has 1 heterocycles. The lowest BCUT2D eigenvalue weighted by Gasteiger charge is -2.22. The van der Waals surface area contributed by atoms with E-state index in [1.54, 1.807) is 0 Å². The van der Waals surface area contributed by atoms with Crippen molar-refractivity contribution in [3.8, 4) is 0 Å². The maximum absolute atomic E-state index is 5.32. The van der Waals surface area contributed by atoms with E-state index in [0.29, 0.717) is 0 Å². The van der Waals surface area contributed by atoms with Gasteiger partial charge in [-0.05, 0) is 45.2 Å². The van der Waals surface area contributed by atoms with Crippen LogP contribution < -0.4 is 5.32 Å². The Kier molecular flexibility index (Phi) is 5.09. The molecule has 13 heavy (non-hydrogen) atoms. The lowest BCUT2D eigenvalue weighted by atomic mass is 9.92. The largest absolute Gasteiger partial charge is 0.381 e. The molecule has 0 unspecified atom stereocenters. The van der Waals surface area contributed by atoms with Crippen LogP contribution in [0.5, 0.6) is 0 Å². The Bertz CT molecular complexity index is 150. The van der Waals surface area contributed by atoms with Gasteiger partial charge in [-0.25, -0.2) is 0 Å². The van der Waals surface area contributed by atoms with E-state index in [1.165, 1.54) is 24.8 Å². The summed E-state index contributed by atoms with van der Waals surface area (Å²) in [7, 11) is 1.99. The first-order valence-electron chi connectivity index (χ1n) is 5.22. The molecule has 1 aliphatic heterocycles. The molecule has 2 heteroatoms. The standard InChI is InChI=1S/C11H21NO/c1-10(3-6-12-2)9-11-4-7-13-8-5-11/h11-12H,1,3-9H2,2H3. The number of nitrogens with one attached hydrogen (secondary N) is 1. The van der Waals surface area contributed by atoms with Crippen LogP contribution in [0.25, 0.3) is 0 Å². The third-order valence-electron chi connectivity index (χ3n) is 2.65. The lowest BCUT2D eigenvalue weighted by Crippen LogP contribution is -2.17. The molecule has 0 saturated carbocycles. The van der Waals surface area contributed by atoms with Crippen molar-refractivity contribution >= 4 is 0 Å². The Labute approximate surface area is 81.4 Å². The highest BCUT2D eigenvalue weighted by atomic mass is 16.5. The van der Waals surface area contributed by atoms with Crippen LogP contribution in [0.1, 0.15) is 25.7 Å². The molecule has 0 aromatic rings. The summed E-state index contributed by atoms with van der Waals surface area (Å²) in [4.78, 5) is 0. The quantitative estimate of drug-likeness (QED) is 0.658. The molecule has 0 radical (unpaired) electrons. The zero-order chi connectivity index (χ0) is 9.52. The summed E-state index contributed by atoms with van der Waals surface area (Å²) in [5, 5.41) is 3.15. The van der Waals surface area contributed by atoms with Crippen LogP contribution in [0.4, 0.5) is 0 Å². The molecular weight excluding hydrogens is 162 g/mol. The molecule has 0 amide bonds. The highest BCUT2D eigenvalue weighted by molar-refractivity contribution is 4.96. The van der Waals surface area contributed by atoms with Gasteiger partial charge in [0.2, 0.25) is 0 Å². The first kappa shape index (κ1) is 10.7. The van der Waals surface area contributed by atoms with Crippen molar-refractivity contribution in [1.29, 1.82) is 0 Å². The Morgan fingerprint density at radius 1 is 1.46 bits per heavy atom. The molecule has 0 aromatic heterocycles. The molecule has 0 bridgehead atoms. The van der Waals surface area contributed by atoms with Crippen molar-refractivity contribution in [1.82, 2.24) is 5.32 Å². The summed E-state index contributed by atoms with van der Waals surface area (Å²) in [6.07, 6.45) is 4.76. The Balaban J connectivity index is 2.11. The average molecular weight is 183 g/mol. The van der Waals surface area contributed by atoms with Gasteiger partial charge >= 0.3 is 0 Å². The van der Waals surface area contributed by atoms with Crippen LogP contribution in [0.3, 0.4) is 0 Å². The fourth-order valence-corrected chi connectivity index (χ4v) is 1.76. The molecule has 0 aromatic carbocycles. The monoisotopic (exact) mass is 183 g/mol. The minimum absolute atomic E-state index is 0.832. The molecule has 0 aliphatic carbocycles. The highest BCUT2D eigenvalue weighted by Crippen LogP contribution is 2.22. The van der Waals surface area contributed by atoms with Crippen molar-refractivity contribution in [2.45, 2.75) is 25.7 Å². The van der Waals surface area contributed by atoms with Crippen LogP contribution in [-0.4, -0.2) is 26.8 Å². The Hall–Kier alpha value is -0.340. The van der Waals surface area contributed by atoms with Crippen molar-refractivity contribution in [3.05, 3.63) is 12.2 Å². The van der Waals surface area contributed by atoms with Crippen molar-refractivity contribution < 1.29 is 4.74 Å². The van der Waals surface area contributed by atoms with Gasteiger partial charge in [0.15, 0.2) is 0 Å². The molecule has 76 valence electrons. The Morgan fingerprint density at radius 2 is 2.15 bits per heavy atom. The predicted octanol–water partition coefficient (Wildman–Crippen LogP) is 1.97. The van der Waals surface area contributed by atoms with Gasteiger partial charge in [-0.15, -0.1) is 0 Å². The molecule has 1 saturated heterocycles. The van der Waals surface area contributed by atoms with Crippen LogP contribution >= 0.6 is 0 Å². The summed E-state index contributed by atoms with van der Waals surface area (Å²) >= 11 is 0. The molecule has 1 rings (SSSR count). The van der Waals surface area contributed by atoms with Gasteiger partial charge in [0.1, 0.15) is 0 Å². The normalized spacial score (nSPS) is 18.8. The molecule has 0 atom stereocenters. The smallest absolute Gasteiger partial charge is 0.0468 e. The molecular formula is C11H21NO. The minimum atomic E-state index is 0.832. The van der Waals surface area contributed by atoms with Gasteiger partial charge < -0.3 is 10.1 Å². The second-order valence-electron chi connectivity index (χ2n) is 3.86. The topological polar surface area (TPSA) is 21.3 Å². The summed E-state index contributed by atoms with van der Waals surface area (Å²) in [6.45, 7) is 7.06. The van der Waals surface area contributed by atoms with E-state index in [0.717, 1.165) is 32.1 Å². The minimum Gasteiger partial charge on any atom is -0.381 e. The zero-order valence-electron chi connectivity index (χ0n) is 8.64. The van der Waals surface area contributed by atoms with Crippen molar-refractivity contribution in [2.24, 2.45) is 5.92 Å². The predicted molar refractivity (Wildman–Crippen MR) is 55.8 cm³/mol. The maximum Gasteiger partial charge on any atom is 0.0468 e. The molecule has 1 fully saturated rings. The van der Waals surface area contributed by atoms with E-state index < -0.39 is 0 Å². The lowest BCUT2D eigenvalue weighted by molar-refractivity contribution is 0.0663. The first-order chi connectivity index (χ1) is 6.33. The van der Waals surface area contributed by atoms with E-state index in [4.69, 9.17) is 4.74 Å². The third kappa shape index (κ3) is 4.44.